The standard InChI is InChI=1S/C72H46N2S/c1-3-21-47(22-4-1)51-25-15-18-36-68(51)73(50-40-42-70-66(44-50)59-33-14-12-31-57(59)61-34-16-19-37-69(61)74(70)48-23-5-2-6-24-48)49-39-41-60-56-30-10-9-28-54(56)52-26-7-8-27-53(52)55-29-11-13-32-58(55)65-46-72-67(45-64(65)63(60)43-49)62-35-17-20-38-71(62)75-72/h1-46H. The Morgan fingerprint density at radius 3 is 1.39 bits per heavy atom. The van der Waals surface area contributed by atoms with Crippen LogP contribution >= 0.6 is 11.3 Å². The molecule has 15 rings (SSSR count). The molecule has 2 heterocycles. The highest BCUT2D eigenvalue weighted by atomic mass is 32.1. The zero-order valence-electron chi connectivity index (χ0n) is 40.9. The number of anilines is 6. The average molecular weight is 971 g/mol. The summed E-state index contributed by atoms with van der Waals surface area (Å²) in [7, 11) is 0. The van der Waals surface area contributed by atoms with E-state index in [1.807, 2.05) is 11.3 Å². The zero-order valence-corrected chi connectivity index (χ0v) is 41.7. The molecule has 0 aliphatic carbocycles. The van der Waals surface area contributed by atoms with E-state index in [1.165, 1.54) is 90.7 Å². The van der Waals surface area contributed by atoms with E-state index < -0.39 is 0 Å². The van der Waals surface area contributed by atoms with Crippen LogP contribution < -0.4 is 9.80 Å². The van der Waals surface area contributed by atoms with Gasteiger partial charge in [0.05, 0.1) is 17.1 Å². The molecule has 0 bridgehead atoms. The second-order valence-corrected chi connectivity index (χ2v) is 20.6. The highest BCUT2D eigenvalue weighted by Crippen LogP contribution is 2.53. The summed E-state index contributed by atoms with van der Waals surface area (Å²) in [5.41, 5.74) is 13.7. The fourth-order valence-corrected chi connectivity index (χ4v) is 13.2. The second-order valence-electron chi connectivity index (χ2n) is 19.5. The van der Waals surface area contributed by atoms with E-state index >= 15 is 0 Å². The molecule has 75 heavy (non-hydrogen) atoms. The van der Waals surface area contributed by atoms with Crippen LogP contribution in [0.15, 0.2) is 279 Å². The molecule has 0 unspecified atom stereocenters. The Morgan fingerprint density at radius 2 is 0.707 bits per heavy atom. The molecule has 0 spiro atoms. The lowest BCUT2D eigenvalue weighted by atomic mass is 9.93. The van der Waals surface area contributed by atoms with Crippen molar-refractivity contribution < 1.29 is 0 Å². The monoisotopic (exact) mass is 970 g/mol. The van der Waals surface area contributed by atoms with Crippen LogP contribution in [0.3, 0.4) is 0 Å². The van der Waals surface area contributed by atoms with Crippen molar-refractivity contribution in [3.05, 3.63) is 279 Å². The van der Waals surface area contributed by atoms with Gasteiger partial charge in [0.25, 0.3) is 0 Å². The van der Waals surface area contributed by atoms with Crippen molar-refractivity contribution in [3.8, 4) is 33.4 Å². The molecule has 0 amide bonds. The van der Waals surface area contributed by atoms with Crippen LogP contribution in [0.25, 0.3) is 107 Å². The summed E-state index contributed by atoms with van der Waals surface area (Å²) in [5.74, 6) is 0. The Balaban J connectivity index is 1.10. The maximum atomic E-state index is 2.50. The Hall–Kier alpha value is -9.54. The van der Waals surface area contributed by atoms with Crippen molar-refractivity contribution in [2.45, 2.75) is 0 Å². The number of benzene rings is 12. The maximum absolute atomic E-state index is 2.50. The highest BCUT2D eigenvalue weighted by molar-refractivity contribution is 7.25. The molecule has 0 N–H and O–H groups in total. The van der Waals surface area contributed by atoms with Gasteiger partial charge in [-0.25, -0.2) is 0 Å². The minimum Gasteiger partial charge on any atom is -0.310 e. The third kappa shape index (κ3) is 7.01. The van der Waals surface area contributed by atoms with E-state index in [9.17, 15) is 0 Å². The first-order valence-corrected chi connectivity index (χ1v) is 26.6. The van der Waals surface area contributed by atoms with Gasteiger partial charge in [0, 0.05) is 53.9 Å². The van der Waals surface area contributed by atoms with E-state index in [1.54, 1.807) is 0 Å². The summed E-state index contributed by atoms with van der Waals surface area (Å²) in [4.78, 5) is 4.94. The molecular weight excluding hydrogens is 925 g/mol. The summed E-state index contributed by atoms with van der Waals surface area (Å²) in [6.07, 6.45) is 0. The van der Waals surface area contributed by atoms with E-state index in [0.29, 0.717) is 0 Å². The molecule has 1 aliphatic rings. The minimum absolute atomic E-state index is 1.06. The molecule has 1 aromatic heterocycles. The number of para-hydroxylation sites is 3. The van der Waals surface area contributed by atoms with Crippen LogP contribution in [0.5, 0.6) is 0 Å². The Morgan fingerprint density at radius 1 is 0.253 bits per heavy atom. The molecular formula is C72H46N2S. The highest BCUT2D eigenvalue weighted by Gasteiger charge is 2.28. The first-order chi connectivity index (χ1) is 37.2. The normalized spacial score (nSPS) is 12.0. The third-order valence-electron chi connectivity index (χ3n) is 15.4. The summed E-state index contributed by atoms with van der Waals surface area (Å²) in [5, 5.41) is 14.6. The summed E-state index contributed by atoms with van der Waals surface area (Å²) in [6.45, 7) is 0. The lowest BCUT2D eigenvalue weighted by molar-refractivity contribution is 1.27. The number of nitrogens with zero attached hydrogens (tertiary/aromatic N) is 2. The lowest BCUT2D eigenvalue weighted by Crippen LogP contribution is -2.13. The topological polar surface area (TPSA) is 6.48 Å². The minimum atomic E-state index is 1.06. The summed E-state index contributed by atoms with van der Waals surface area (Å²) >= 11 is 1.88. The quantitative estimate of drug-likeness (QED) is 0.170. The van der Waals surface area contributed by atoms with Crippen LogP contribution in [0.2, 0.25) is 0 Å². The van der Waals surface area contributed by atoms with Gasteiger partial charge < -0.3 is 9.80 Å². The van der Waals surface area contributed by atoms with E-state index in [0.717, 1.165) is 50.8 Å². The van der Waals surface area contributed by atoms with E-state index in [-0.39, 0.29) is 0 Å². The van der Waals surface area contributed by atoms with Crippen LogP contribution in [-0.4, -0.2) is 0 Å². The number of thiophene rings is 1. The number of hydrogen-bond donors (Lipinski definition) is 0. The van der Waals surface area contributed by atoms with Gasteiger partial charge in [0.15, 0.2) is 0 Å². The lowest BCUT2D eigenvalue weighted by Gasteiger charge is -2.31. The molecule has 1 aliphatic heterocycles. The van der Waals surface area contributed by atoms with Crippen molar-refractivity contribution >= 4 is 119 Å². The summed E-state index contributed by atoms with van der Waals surface area (Å²) in [6, 6.07) is 103. The number of hydrogen-bond acceptors (Lipinski definition) is 3. The Bertz CT molecular complexity index is 4670. The largest absolute Gasteiger partial charge is 0.310 e. The molecule has 0 saturated carbocycles. The van der Waals surface area contributed by atoms with E-state index in [2.05, 4.69) is 289 Å². The Kier molecular flexibility index (Phi) is 10.1. The van der Waals surface area contributed by atoms with Crippen LogP contribution in [-0.2, 0) is 0 Å². The molecule has 13 aromatic carbocycles. The van der Waals surface area contributed by atoms with Gasteiger partial charge in [0.2, 0.25) is 0 Å². The van der Waals surface area contributed by atoms with E-state index in [4.69, 9.17) is 0 Å². The second kappa shape index (κ2) is 17.6. The molecule has 0 radical (unpaired) electrons. The third-order valence-corrected chi connectivity index (χ3v) is 16.5. The molecule has 350 valence electrons. The first-order valence-electron chi connectivity index (χ1n) is 25.7. The van der Waals surface area contributed by atoms with Gasteiger partial charge in [-0.2, -0.15) is 0 Å². The van der Waals surface area contributed by atoms with Gasteiger partial charge in [-0.15, -0.1) is 11.3 Å². The fourth-order valence-electron chi connectivity index (χ4n) is 12.1. The SMILES string of the molecule is c1ccc(-c2ccccc2N(c2ccc3c(c2)-c2ccccc2-c2ccccc2N3c2ccccc2)c2ccc3c4ccccc4c4ccccc4c4ccccc4c4cc5sc6ccccc6c5cc4c3c2)cc1. The van der Waals surface area contributed by atoms with Crippen LogP contribution in [0, 0.1) is 0 Å². The van der Waals surface area contributed by atoms with Gasteiger partial charge in [0.1, 0.15) is 0 Å². The Labute approximate surface area is 439 Å². The predicted molar refractivity (Wildman–Crippen MR) is 324 cm³/mol. The first kappa shape index (κ1) is 43.1. The van der Waals surface area contributed by atoms with Gasteiger partial charge in [-0.1, -0.05) is 206 Å². The van der Waals surface area contributed by atoms with Crippen molar-refractivity contribution in [2.24, 2.45) is 0 Å². The molecule has 0 atom stereocenters. The van der Waals surface area contributed by atoms with Crippen molar-refractivity contribution in [3.63, 3.8) is 0 Å². The number of rotatable bonds is 5. The zero-order chi connectivity index (χ0) is 49.4. The van der Waals surface area contributed by atoms with Gasteiger partial charge in [-0.05, 0) is 143 Å². The molecule has 14 aromatic rings. The smallest absolute Gasteiger partial charge is 0.0542 e. The average Bonchev–Trinajstić information content (AvgIpc) is 3.83. The molecule has 0 saturated heterocycles. The fraction of sp³-hybridized carbons (Fsp3) is 0. The molecule has 2 nitrogen and oxygen atoms in total. The molecule has 0 fully saturated rings. The van der Waals surface area contributed by atoms with Gasteiger partial charge >= 0.3 is 0 Å². The van der Waals surface area contributed by atoms with Crippen LogP contribution in [0.1, 0.15) is 0 Å². The molecule has 3 heteroatoms. The van der Waals surface area contributed by atoms with Crippen LogP contribution in [0.4, 0.5) is 34.1 Å². The maximum Gasteiger partial charge on any atom is 0.0542 e. The van der Waals surface area contributed by atoms with Crippen molar-refractivity contribution in [1.29, 1.82) is 0 Å². The van der Waals surface area contributed by atoms with Crippen molar-refractivity contribution in [2.75, 3.05) is 9.80 Å². The van der Waals surface area contributed by atoms with Gasteiger partial charge in [-0.3, -0.25) is 0 Å². The number of fused-ring (bicyclic) bond motifs is 18. The van der Waals surface area contributed by atoms with Crippen molar-refractivity contribution in [1.82, 2.24) is 0 Å². The predicted octanol–water partition coefficient (Wildman–Crippen LogP) is 21.2. The summed E-state index contributed by atoms with van der Waals surface area (Å²) < 4.78 is 2.57.